The molecular formula is C94H114N12O2S2. The van der Waals surface area contributed by atoms with E-state index < -0.39 is 9.84 Å². The van der Waals surface area contributed by atoms with Gasteiger partial charge >= 0.3 is 0 Å². The van der Waals surface area contributed by atoms with E-state index in [4.69, 9.17) is 0 Å². The second kappa shape index (κ2) is 33.6. The minimum atomic E-state index is -3.17. The van der Waals surface area contributed by atoms with Gasteiger partial charge in [0, 0.05) is 46.4 Å². The minimum absolute atomic E-state index is 0.0207. The van der Waals surface area contributed by atoms with Crippen LogP contribution in [0.1, 0.15) is 222 Å². The maximum absolute atomic E-state index is 11.6. The quantitative estimate of drug-likeness (QED) is 0.131. The van der Waals surface area contributed by atoms with E-state index in [1.807, 2.05) is 73.1 Å². The van der Waals surface area contributed by atoms with Crippen LogP contribution < -0.4 is 0 Å². The summed E-state index contributed by atoms with van der Waals surface area (Å²) >= 11 is 1.76. The summed E-state index contributed by atoms with van der Waals surface area (Å²) in [5.74, 6) is 1.05. The number of H-pyrrole nitrogens is 3. The molecule has 15 aromatic rings. The Morgan fingerprint density at radius 1 is 0.345 bits per heavy atom. The monoisotopic (exact) mass is 1510 g/mol. The summed E-state index contributed by atoms with van der Waals surface area (Å²) in [7, 11) is -3.17. The van der Waals surface area contributed by atoms with Crippen molar-refractivity contribution < 1.29 is 8.42 Å². The van der Waals surface area contributed by atoms with Crippen molar-refractivity contribution in [3.8, 4) is 0 Å². The molecule has 0 atom stereocenters. The van der Waals surface area contributed by atoms with Crippen LogP contribution in [0.4, 0.5) is 0 Å². The summed E-state index contributed by atoms with van der Waals surface area (Å²) in [5, 5.41) is 15.5. The molecule has 16 rings (SSSR count). The normalized spacial score (nSPS) is 12.9. The first-order valence-corrected chi connectivity index (χ1v) is 40.1. The average molecular weight is 1510 g/mol. The molecule has 110 heavy (non-hydrogen) atoms. The van der Waals surface area contributed by atoms with Gasteiger partial charge < -0.3 is 9.97 Å². The van der Waals surface area contributed by atoms with Crippen LogP contribution in [-0.2, 0) is 53.2 Å². The highest BCUT2D eigenvalue weighted by atomic mass is 32.2. The van der Waals surface area contributed by atoms with Crippen LogP contribution in [0.3, 0.4) is 0 Å². The van der Waals surface area contributed by atoms with Crippen LogP contribution in [0, 0.1) is 6.92 Å². The van der Waals surface area contributed by atoms with Crippen molar-refractivity contribution in [3.05, 3.63) is 268 Å². The predicted molar refractivity (Wildman–Crippen MR) is 466 cm³/mol. The van der Waals surface area contributed by atoms with Crippen molar-refractivity contribution in [3.63, 3.8) is 0 Å². The zero-order valence-electron chi connectivity index (χ0n) is 69.4. The number of aromatic amines is 3. The third-order valence-electron chi connectivity index (χ3n) is 18.8. The molecule has 0 radical (unpaired) electrons. The van der Waals surface area contributed by atoms with E-state index in [9.17, 15) is 8.42 Å². The van der Waals surface area contributed by atoms with Gasteiger partial charge in [-0.25, -0.2) is 23.4 Å². The molecule has 0 saturated carbocycles. The molecule has 0 aliphatic carbocycles. The van der Waals surface area contributed by atoms with E-state index in [1.54, 1.807) is 42.2 Å². The lowest BCUT2D eigenvalue weighted by Gasteiger charge is -2.19. The van der Waals surface area contributed by atoms with Crippen LogP contribution in [0.25, 0.3) is 82.2 Å². The number of aryl methyl sites for hydroxylation is 1. The van der Waals surface area contributed by atoms with Crippen molar-refractivity contribution in [2.24, 2.45) is 0 Å². The second-order valence-electron chi connectivity index (χ2n) is 36.4. The highest BCUT2D eigenvalue weighted by Crippen LogP contribution is 2.35. The molecule has 574 valence electrons. The van der Waals surface area contributed by atoms with Crippen molar-refractivity contribution in [2.75, 3.05) is 0 Å². The summed E-state index contributed by atoms with van der Waals surface area (Å²) in [4.78, 5) is 37.4. The lowest BCUT2D eigenvalue weighted by atomic mass is 9.86. The molecule has 14 nitrogen and oxygen atoms in total. The fourth-order valence-electron chi connectivity index (χ4n) is 11.6. The van der Waals surface area contributed by atoms with Gasteiger partial charge in [-0.1, -0.05) is 245 Å². The molecule has 1 aliphatic rings. The Labute approximate surface area is 657 Å². The number of nitrogens with zero attached hydrogens (tertiary/aromatic N) is 9. The summed E-state index contributed by atoms with van der Waals surface area (Å²) < 4.78 is 24.6. The Hall–Kier alpha value is -10.2. The van der Waals surface area contributed by atoms with Gasteiger partial charge in [-0.3, -0.25) is 19.9 Å². The number of sulfone groups is 1. The summed E-state index contributed by atoms with van der Waals surface area (Å²) in [5.41, 5.74) is 22.4. The Morgan fingerprint density at radius 3 is 1.40 bits per heavy atom. The van der Waals surface area contributed by atoms with E-state index in [0.29, 0.717) is 4.90 Å². The topological polar surface area (TPSA) is 198 Å². The summed E-state index contributed by atoms with van der Waals surface area (Å²) in [6.07, 6.45) is 10.6. The molecule has 0 bridgehead atoms. The fourth-order valence-corrected chi connectivity index (χ4v) is 13.6. The first-order valence-electron chi connectivity index (χ1n) is 37.8. The molecule has 0 unspecified atom stereocenters. The van der Waals surface area contributed by atoms with E-state index in [0.717, 1.165) is 82.6 Å². The summed E-state index contributed by atoms with van der Waals surface area (Å²) in [6, 6.07) is 60.2. The molecule has 1 aliphatic heterocycles. The Kier molecular flexibility index (Phi) is 25.6. The SMILES string of the molecule is CC(C)(C)c1ccc2c(c1)S(=O)(=O)C=C2.CC(C)(C)c1ccc2n[nH]nc2c1.CC(C)(C)c1ccc2nc[nH]c2c1.CC(C)(C)c1ccc2ncccc2c1.CC(C)(C)c1ccc2nccnc2c1.CC(C)(C)c1cnc2ccccc2c1.CC(C)(C)c1nc2ccccc2[nH]1.Cc1nc2cc(C(C)(C)C)ccc2s1. The molecular weight excluding hydrogens is 1390 g/mol. The first-order chi connectivity index (χ1) is 51.2. The number of nitrogens with one attached hydrogen (secondary N) is 3. The lowest BCUT2D eigenvalue weighted by molar-refractivity contribution is 0.554. The Bertz CT molecular complexity index is 5420. The van der Waals surface area contributed by atoms with Crippen molar-refractivity contribution in [1.82, 2.24) is 60.3 Å². The number of benzene rings is 8. The minimum Gasteiger partial charge on any atom is -0.345 e. The highest BCUT2D eigenvalue weighted by Gasteiger charge is 2.25. The van der Waals surface area contributed by atoms with Crippen LogP contribution in [0.2, 0.25) is 0 Å². The maximum Gasteiger partial charge on any atom is 0.200 e. The van der Waals surface area contributed by atoms with Gasteiger partial charge in [0.2, 0.25) is 0 Å². The molecule has 0 amide bonds. The van der Waals surface area contributed by atoms with Gasteiger partial charge in [0.05, 0.1) is 70.6 Å². The van der Waals surface area contributed by atoms with E-state index in [-0.39, 0.29) is 43.3 Å². The van der Waals surface area contributed by atoms with E-state index >= 15 is 0 Å². The van der Waals surface area contributed by atoms with Crippen molar-refractivity contribution in [2.45, 2.75) is 221 Å². The maximum atomic E-state index is 11.6. The predicted octanol–water partition coefficient (Wildman–Crippen LogP) is 24.6. The first kappa shape index (κ1) is 83.9. The Morgan fingerprint density at radius 2 is 0.800 bits per heavy atom. The molecule has 0 spiro atoms. The molecule has 7 aromatic heterocycles. The molecule has 16 heteroatoms. The number of rotatable bonds is 0. The smallest absolute Gasteiger partial charge is 0.200 e. The number of imidazole rings is 2. The van der Waals surface area contributed by atoms with Gasteiger partial charge in [-0.2, -0.15) is 15.4 Å². The largest absolute Gasteiger partial charge is 0.345 e. The van der Waals surface area contributed by atoms with Crippen LogP contribution in [0.15, 0.2) is 217 Å². The number of hydrogen-bond acceptors (Lipinski definition) is 12. The highest BCUT2D eigenvalue weighted by molar-refractivity contribution is 7.94. The molecule has 8 aromatic carbocycles. The molecule has 0 saturated heterocycles. The van der Waals surface area contributed by atoms with E-state index in [2.05, 4.69) is 343 Å². The third kappa shape index (κ3) is 22.7. The van der Waals surface area contributed by atoms with Gasteiger partial charge in [0.25, 0.3) is 0 Å². The van der Waals surface area contributed by atoms with Crippen molar-refractivity contribution in [1.29, 1.82) is 0 Å². The number of aromatic nitrogens is 12. The van der Waals surface area contributed by atoms with Crippen LogP contribution in [-0.4, -0.2) is 68.7 Å². The number of thiazole rings is 1. The molecule has 3 N–H and O–H groups in total. The number of fused-ring (bicyclic) bond motifs is 8. The molecule has 0 fully saturated rings. The Balaban J connectivity index is 0.000000145. The number of pyridine rings is 2. The van der Waals surface area contributed by atoms with Gasteiger partial charge in [0.15, 0.2) is 9.84 Å². The van der Waals surface area contributed by atoms with Crippen LogP contribution in [0.5, 0.6) is 0 Å². The summed E-state index contributed by atoms with van der Waals surface area (Å²) in [6.45, 7) is 54.5. The average Bonchev–Trinajstić information content (AvgIpc) is 1.22. The second-order valence-corrected chi connectivity index (χ2v) is 39.4. The number of para-hydroxylation sites is 3. The zero-order chi connectivity index (χ0) is 80.6. The molecule has 8 heterocycles. The van der Waals surface area contributed by atoms with Crippen molar-refractivity contribution >= 4 is 103 Å². The van der Waals surface area contributed by atoms with Gasteiger partial charge in [-0.15, -0.1) is 11.3 Å². The zero-order valence-corrected chi connectivity index (χ0v) is 71.1. The van der Waals surface area contributed by atoms with Gasteiger partial charge in [0.1, 0.15) is 16.9 Å². The third-order valence-corrected chi connectivity index (χ3v) is 21.2. The fraction of sp³-hybridized carbons (Fsp3) is 0.351. The lowest BCUT2D eigenvalue weighted by Crippen LogP contribution is -2.12. The van der Waals surface area contributed by atoms with E-state index in [1.165, 1.54) is 54.3 Å². The number of hydrogen-bond donors (Lipinski definition) is 3. The van der Waals surface area contributed by atoms with Crippen LogP contribution >= 0.6 is 11.3 Å². The standard InChI is InChI=1S/2C13H15N.C12H14N2.C12H15NS.C12H14O2S.2C11H14N2.C10H13N3/c1-13(2,3)11-6-7-12-10(9-11)5-4-8-14-12;1-13(2,3)11-8-10-6-4-5-7-12(10)14-9-11;1-12(2,3)9-4-5-10-11(8-9)14-7-6-13-10;1-8-13-10-7-9(12(2,3)4)5-6-11(10)14-8;1-12(2,3)10-5-4-9-6-7-15(13,14)11(9)8-10;1-11(2,3)8-4-5-9-10(6-8)13-7-12-9;1-11(2,3)10-12-8-6-4-5-7-9(8)13-10;1-10(2,3)7-4-5-8-9(6-7)12-13-11-8/h2*4-9H,1-3H3;4-8H,1-3H3;5-7H,1-4H3;4-8H,1-3H3;2*4-7H,1-3H3,(H,12,13);4-6H,1-3H3,(H,11,12,13). The van der Waals surface area contributed by atoms with Gasteiger partial charge in [-0.05, 0) is 192 Å².